The van der Waals surface area contributed by atoms with Crippen LogP contribution < -0.4 is 4.90 Å². The van der Waals surface area contributed by atoms with Crippen LogP contribution in [0.1, 0.15) is 21.5 Å². The van der Waals surface area contributed by atoms with Crippen LogP contribution in [0, 0.1) is 0 Å². The molecule has 0 aliphatic carbocycles. The number of benzene rings is 3. The first-order valence-electron chi connectivity index (χ1n) is 10.8. The number of aromatic hydroxyl groups is 1. The van der Waals surface area contributed by atoms with Gasteiger partial charge in [-0.1, -0.05) is 53.0 Å². The average molecular weight is 592 g/mol. The fourth-order valence-corrected chi connectivity index (χ4v) is 4.90. The van der Waals surface area contributed by atoms with E-state index in [9.17, 15) is 24.3 Å². The van der Waals surface area contributed by atoms with E-state index in [2.05, 4.69) is 0 Å². The number of hydrogen-bond acceptors (Lipinski definition) is 7. The zero-order valence-electron chi connectivity index (χ0n) is 19.5. The summed E-state index contributed by atoms with van der Waals surface area (Å²) in [5, 5.41) is 10.9. The van der Waals surface area contributed by atoms with Gasteiger partial charge in [-0.2, -0.15) is 0 Å². The van der Waals surface area contributed by atoms with Gasteiger partial charge in [0.25, 0.3) is 17.1 Å². The standard InChI is InChI=1S/C26H17Cl3N2O6S/c1-37-25(35)31(17-4-2-3-16(27)12-17)23(33)18-9-14(6-8-21(18)32)11-22-24(34)30(26(36)38-22)13-15-5-7-19(28)20(29)10-15/h2-12,32H,13H2,1H3. The molecule has 1 aliphatic heterocycles. The minimum Gasteiger partial charge on any atom is -0.507 e. The number of halogens is 3. The monoisotopic (exact) mass is 590 g/mol. The lowest BCUT2D eigenvalue weighted by Gasteiger charge is -2.20. The number of carbonyl (C=O) groups is 4. The number of rotatable bonds is 5. The molecule has 4 rings (SSSR count). The molecule has 0 spiro atoms. The van der Waals surface area contributed by atoms with Crippen molar-refractivity contribution in [2.45, 2.75) is 6.54 Å². The second-order valence-electron chi connectivity index (χ2n) is 7.88. The quantitative estimate of drug-likeness (QED) is 0.319. The maximum absolute atomic E-state index is 13.3. The summed E-state index contributed by atoms with van der Waals surface area (Å²) >= 11 is 18.7. The third-order valence-electron chi connectivity index (χ3n) is 5.37. The first-order valence-corrected chi connectivity index (χ1v) is 12.7. The Morgan fingerprint density at radius 3 is 2.47 bits per heavy atom. The number of imide groups is 2. The fourth-order valence-electron chi connectivity index (χ4n) is 3.56. The van der Waals surface area contributed by atoms with Crippen LogP contribution in [-0.4, -0.2) is 40.3 Å². The molecular formula is C26H17Cl3N2O6S. The van der Waals surface area contributed by atoms with Crippen molar-refractivity contribution in [3.8, 4) is 5.75 Å². The van der Waals surface area contributed by atoms with Gasteiger partial charge < -0.3 is 9.84 Å². The van der Waals surface area contributed by atoms with Crippen LogP contribution >= 0.6 is 46.6 Å². The van der Waals surface area contributed by atoms with Crippen molar-refractivity contribution in [3.05, 3.63) is 97.3 Å². The largest absolute Gasteiger partial charge is 0.507 e. The number of hydrogen-bond donors (Lipinski definition) is 1. The van der Waals surface area contributed by atoms with Crippen LogP contribution in [0.25, 0.3) is 6.08 Å². The Bertz CT molecular complexity index is 1510. The minimum atomic E-state index is -0.995. The van der Waals surface area contributed by atoms with Crippen molar-refractivity contribution < 1.29 is 29.0 Å². The van der Waals surface area contributed by atoms with E-state index in [1.54, 1.807) is 30.3 Å². The van der Waals surface area contributed by atoms with Gasteiger partial charge in [0.05, 0.1) is 39.9 Å². The zero-order chi connectivity index (χ0) is 27.6. The molecule has 0 atom stereocenters. The van der Waals surface area contributed by atoms with Gasteiger partial charge in [0.1, 0.15) is 5.75 Å². The van der Waals surface area contributed by atoms with Crippen LogP contribution in [0.15, 0.2) is 65.6 Å². The van der Waals surface area contributed by atoms with Gasteiger partial charge in [0.15, 0.2) is 0 Å². The molecule has 12 heteroatoms. The van der Waals surface area contributed by atoms with Gasteiger partial charge in [0, 0.05) is 5.02 Å². The van der Waals surface area contributed by atoms with Gasteiger partial charge >= 0.3 is 6.09 Å². The molecule has 1 N–H and O–H groups in total. The van der Waals surface area contributed by atoms with Gasteiger partial charge in [-0.25, -0.2) is 9.69 Å². The molecule has 1 fully saturated rings. The van der Waals surface area contributed by atoms with Gasteiger partial charge in [0.2, 0.25) is 0 Å². The molecule has 0 bridgehead atoms. The molecule has 3 aromatic carbocycles. The lowest BCUT2D eigenvalue weighted by molar-refractivity contribution is -0.123. The second-order valence-corrected chi connectivity index (χ2v) is 10.1. The highest BCUT2D eigenvalue weighted by atomic mass is 35.5. The predicted molar refractivity (Wildman–Crippen MR) is 147 cm³/mol. The Hall–Kier alpha value is -3.50. The van der Waals surface area contributed by atoms with E-state index in [1.165, 1.54) is 36.4 Å². The smallest absolute Gasteiger partial charge is 0.421 e. The molecule has 1 saturated heterocycles. The van der Waals surface area contributed by atoms with Crippen LogP contribution in [0.4, 0.5) is 15.3 Å². The van der Waals surface area contributed by atoms with Gasteiger partial charge in [-0.15, -0.1) is 0 Å². The Balaban J connectivity index is 1.63. The number of phenolic OH excluding ortho intramolecular Hbond substituents is 1. The van der Waals surface area contributed by atoms with Crippen molar-refractivity contribution in [2.24, 2.45) is 0 Å². The summed E-state index contributed by atoms with van der Waals surface area (Å²) in [7, 11) is 1.11. The van der Waals surface area contributed by atoms with E-state index in [0.717, 1.165) is 28.7 Å². The maximum atomic E-state index is 13.3. The number of phenols is 1. The first kappa shape index (κ1) is 27.5. The second kappa shape index (κ2) is 11.5. The molecule has 4 amide bonds. The first-order chi connectivity index (χ1) is 18.1. The summed E-state index contributed by atoms with van der Waals surface area (Å²) in [6, 6.07) is 14.8. The third kappa shape index (κ3) is 5.81. The maximum Gasteiger partial charge on any atom is 0.421 e. The minimum absolute atomic E-state index is 0.00800. The van der Waals surface area contributed by atoms with Crippen molar-refractivity contribution >= 4 is 81.5 Å². The predicted octanol–water partition coefficient (Wildman–Crippen LogP) is 7.00. The van der Waals surface area contributed by atoms with Gasteiger partial charge in [-0.3, -0.25) is 19.3 Å². The molecule has 38 heavy (non-hydrogen) atoms. The lowest BCUT2D eigenvalue weighted by Crippen LogP contribution is -2.37. The molecule has 8 nitrogen and oxygen atoms in total. The summed E-state index contributed by atoms with van der Waals surface area (Å²) in [6.07, 6.45) is 0.420. The van der Waals surface area contributed by atoms with Crippen molar-refractivity contribution in [1.29, 1.82) is 0 Å². The van der Waals surface area contributed by atoms with Crippen LogP contribution in [0.2, 0.25) is 15.1 Å². The van der Waals surface area contributed by atoms with E-state index in [-0.39, 0.29) is 27.7 Å². The zero-order valence-corrected chi connectivity index (χ0v) is 22.6. The van der Waals surface area contributed by atoms with Crippen molar-refractivity contribution in [1.82, 2.24) is 4.90 Å². The number of thioether (sulfide) groups is 1. The Labute approximate surface area is 236 Å². The molecule has 0 aromatic heterocycles. The summed E-state index contributed by atoms with van der Waals surface area (Å²) in [6.45, 7) is -0.00800. The molecule has 0 saturated carbocycles. The highest BCUT2D eigenvalue weighted by Crippen LogP contribution is 2.35. The molecule has 194 valence electrons. The van der Waals surface area contributed by atoms with E-state index in [0.29, 0.717) is 21.2 Å². The molecule has 1 aliphatic rings. The van der Waals surface area contributed by atoms with Crippen molar-refractivity contribution in [2.75, 3.05) is 12.0 Å². The van der Waals surface area contributed by atoms with E-state index in [4.69, 9.17) is 39.5 Å². The molecule has 0 unspecified atom stereocenters. The number of carbonyl (C=O) groups excluding carboxylic acids is 4. The Morgan fingerprint density at radius 1 is 1.03 bits per heavy atom. The number of ether oxygens (including phenoxy) is 1. The highest BCUT2D eigenvalue weighted by molar-refractivity contribution is 8.18. The Morgan fingerprint density at radius 2 is 1.79 bits per heavy atom. The lowest BCUT2D eigenvalue weighted by atomic mass is 10.1. The summed E-state index contributed by atoms with van der Waals surface area (Å²) in [4.78, 5) is 53.2. The summed E-state index contributed by atoms with van der Waals surface area (Å²) < 4.78 is 4.75. The third-order valence-corrected chi connectivity index (χ3v) is 7.26. The normalized spacial score (nSPS) is 14.2. The summed E-state index contributed by atoms with van der Waals surface area (Å²) in [5.74, 6) is -1.84. The van der Waals surface area contributed by atoms with E-state index in [1.807, 2.05) is 0 Å². The van der Waals surface area contributed by atoms with Crippen molar-refractivity contribution in [3.63, 3.8) is 0 Å². The summed E-state index contributed by atoms with van der Waals surface area (Å²) in [5.41, 5.74) is 0.841. The number of anilines is 1. The molecule has 3 aromatic rings. The topological polar surface area (TPSA) is 104 Å². The Kier molecular flexibility index (Phi) is 8.32. The fraction of sp³-hybridized carbons (Fsp3) is 0.0769. The highest BCUT2D eigenvalue weighted by Gasteiger charge is 2.35. The number of amides is 4. The van der Waals surface area contributed by atoms with Gasteiger partial charge in [-0.05, 0) is 71.4 Å². The SMILES string of the molecule is COC(=O)N(C(=O)c1cc(C=C2SC(=O)N(Cc3ccc(Cl)c(Cl)c3)C2=O)ccc1O)c1cccc(Cl)c1. The number of methoxy groups -OCH3 is 1. The average Bonchev–Trinajstić information content (AvgIpc) is 3.14. The van der Waals surface area contributed by atoms with Crippen LogP contribution in [0.5, 0.6) is 5.75 Å². The van der Waals surface area contributed by atoms with E-state index >= 15 is 0 Å². The van der Waals surface area contributed by atoms with Crippen LogP contribution in [0.3, 0.4) is 0 Å². The molecule has 1 heterocycles. The number of nitrogens with zero attached hydrogens (tertiary/aromatic N) is 2. The van der Waals surface area contributed by atoms with Crippen LogP contribution in [-0.2, 0) is 16.1 Å². The van der Waals surface area contributed by atoms with E-state index < -0.39 is 28.9 Å². The molecule has 0 radical (unpaired) electrons. The molecular weight excluding hydrogens is 575 g/mol.